The molecule has 1 N–H and O–H groups in total. The number of ether oxygens (including phenoxy) is 1. The fraction of sp³-hybridized carbons (Fsp3) is 0.267. The van der Waals surface area contributed by atoms with Crippen molar-refractivity contribution < 1.29 is 19.4 Å². The van der Waals surface area contributed by atoms with Crippen molar-refractivity contribution in [1.82, 2.24) is 9.88 Å². The zero-order valence-corrected chi connectivity index (χ0v) is 12.7. The molecule has 0 atom stereocenters. The first-order chi connectivity index (χ1) is 10.5. The van der Waals surface area contributed by atoms with Crippen molar-refractivity contribution >= 4 is 34.4 Å². The van der Waals surface area contributed by atoms with Gasteiger partial charge < -0.3 is 14.7 Å². The molecule has 1 heterocycles. The zero-order valence-electron chi connectivity index (χ0n) is 12.0. The Labute approximate surface area is 132 Å². The van der Waals surface area contributed by atoms with E-state index in [1.807, 2.05) is 6.07 Å². The number of hydrogen-bond donors (Lipinski definition) is 1. The molecule has 0 saturated heterocycles. The number of rotatable bonds is 6. The molecule has 6 nitrogen and oxygen atoms in total. The number of carboxylic acid groups (broad SMARTS) is 1. The maximum atomic E-state index is 12.0. The fourth-order valence-electron chi connectivity index (χ4n) is 2.00. The number of hydrogen-bond acceptors (Lipinski definition) is 4. The monoisotopic (exact) mass is 322 g/mol. The number of benzene rings is 1. The number of fused-ring (bicyclic) bond motifs is 1. The molecular formula is C15H15ClN2O4. The van der Waals surface area contributed by atoms with Gasteiger partial charge in [-0.2, -0.15) is 0 Å². The minimum atomic E-state index is -1.06. The van der Waals surface area contributed by atoms with Crippen molar-refractivity contribution in [3.8, 4) is 5.75 Å². The number of aliphatic carboxylic acids is 1. The van der Waals surface area contributed by atoms with Crippen LogP contribution < -0.4 is 4.74 Å². The molecule has 1 aromatic carbocycles. The molecule has 1 amide bonds. The van der Waals surface area contributed by atoms with Crippen molar-refractivity contribution in [1.29, 1.82) is 0 Å². The Hall–Kier alpha value is -2.34. The molecular weight excluding hydrogens is 308 g/mol. The Morgan fingerprint density at radius 1 is 1.36 bits per heavy atom. The van der Waals surface area contributed by atoms with Crippen LogP contribution in [0.15, 0.2) is 30.5 Å². The van der Waals surface area contributed by atoms with E-state index in [4.69, 9.17) is 21.4 Å². The van der Waals surface area contributed by atoms with Crippen molar-refractivity contribution in [2.45, 2.75) is 6.92 Å². The van der Waals surface area contributed by atoms with Crippen LogP contribution in [0.3, 0.4) is 0 Å². The lowest BCUT2D eigenvalue weighted by Crippen LogP contribution is -2.38. The smallest absolute Gasteiger partial charge is 0.323 e. The molecule has 0 radical (unpaired) electrons. The molecule has 2 aromatic rings. The quantitative estimate of drug-likeness (QED) is 0.882. The SMILES string of the molecule is CCN(CC(=O)O)C(=O)COc1ccc(Cl)c2cccnc12. The highest BCUT2D eigenvalue weighted by molar-refractivity contribution is 6.35. The first kappa shape index (κ1) is 16.0. The Bertz CT molecular complexity index is 705. The molecule has 0 aliphatic heterocycles. The van der Waals surface area contributed by atoms with Gasteiger partial charge in [0, 0.05) is 18.1 Å². The number of aromatic nitrogens is 1. The van der Waals surface area contributed by atoms with Crippen LogP contribution in [0, 0.1) is 0 Å². The predicted molar refractivity (Wildman–Crippen MR) is 82.1 cm³/mol. The third kappa shape index (κ3) is 3.65. The van der Waals surface area contributed by atoms with Crippen molar-refractivity contribution in [3.05, 3.63) is 35.5 Å². The summed E-state index contributed by atoms with van der Waals surface area (Å²) in [5.74, 6) is -1.03. The molecule has 2 rings (SSSR count). The van der Waals surface area contributed by atoms with E-state index in [9.17, 15) is 9.59 Å². The maximum Gasteiger partial charge on any atom is 0.323 e. The highest BCUT2D eigenvalue weighted by Gasteiger charge is 2.16. The number of carbonyl (C=O) groups is 2. The zero-order chi connectivity index (χ0) is 16.1. The maximum absolute atomic E-state index is 12.0. The summed E-state index contributed by atoms with van der Waals surface area (Å²) in [4.78, 5) is 28.1. The summed E-state index contributed by atoms with van der Waals surface area (Å²) in [6.07, 6.45) is 1.61. The number of halogens is 1. The largest absolute Gasteiger partial charge is 0.481 e. The van der Waals surface area contributed by atoms with Crippen LogP contribution in [-0.4, -0.2) is 46.6 Å². The van der Waals surface area contributed by atoms with Crippen LogP contribution in [0.25, 0.3) is 10.9 Å². The van der Waals surface area contributed by atoms with Crippen molar-refractivity contribution in [2.24, 2.45) is 0 Å². The lowest BCUT2D eigenvalue weighted by molar-refractivity contribution is -0.145. The van der Waals surface area contributed by atoms with Crippen molar-refractivity contribution in [3.63, 3.8) is 0 Å². The Morgan fingerprint density at radius 3 is 2.82 bits per heavy atom. The summed E-state index contributed by atoms with van der Waals surface area (Å²) in [6, 6.07) is 6.87. The normalized spacial score (nSPS) is 10.5. The standard InChI is InChI=1S/C15H15ClN2O4/c1-2-18(8-14(20)21)13(19)9-22-12-6-5-11(16)10-4-3-7-17-15(10)12/h3-7H,2,8-9H2,1H3,(H,20,21). The van der Waals surface area contributed by atoms with Gasteiger partial charge in [-0.25, -0.2) is 0 Å². The van der Waals surface area contributed by atoms with Crippen LogP contribution in [0.1, 0.15) is 6.92 Å². The topological polar surface area (TPSA) is 79.7 Å². The molecule has 0 fully saturated rings. The number of likely N-dealkylation sites (N-methyl/N-ethyl adjacent to an activating group) is 1. The summed E-state index contributed by atoms with van der Waals surface area (Å²) in [5, 5.41) is 10.0. The van der Waals surface area contributed by atoms with E-state index in [-0.39, 0.29) is 13.2 Å². The molecule has 1 aromatic heterocycles. The van der Waals surface area contributed by atoms with Crippen LogP contribution in [0.2, 0.25) is 5.02 Å². The van der Waals surface area contributed by atoms with Gasteiger partial charge in [-0.3, -0.25) is 14.6 Å². The Balaban J connectivity index is 2.13. The predicted octanol–water partition coefficient (Wildman–Crippen LogP) is 2.20. The van der Waals surface area contributed by atoms with E-state index in [1.165, 1.54) is 4.90 Å². The van der Waals surface area contributed by atoms with E-state index < -0.39 is 11.9 Å². The number of pyridine rings is 1. The van der Waals surface area contributed by atoms with Crippen LogP contribution in [0.5, 0.6) is 5.75 Å². The van der Waals surface area contributed by atoms with E-state index in [2.05, 4.69) is 4.98 Å². The van der Waals surface area contributed by atoms with Gasteiger partial charge in [0.2, 0.25) is 0 Å². The summed E-state index contributed by atoms with van der Waals surface area (Å²) in [5.41, 5.74) is 0.559. The molecule has 116 valence electrons. The summed E-state index contributed by atoms with van der Waals surface area (Å²) in [6.45, 7) is 1.40. The molecule has 0 aliphatic carbocycles. The van der Waals surface area contributed by atoms with Crippen molar-refractivity contribution in [2.75, 3.05) is 19.7 Å². The molecule has 0 bridgehead atoms. The molecule has 0 aliphatic rings. The minimum Gasteiger partial charge on any atom is -0.481 e. The summed E-state index contributed by atoms with van der Waals surface area (Å²) >= 11 is 6.09. The van der Waals surface area contributed by atoms with Gasteiger partial charge in [0.05, 0.1) is 5.02 Å². The lowest BCUT2D eigenvalue weighted by atomic mass is 10.2. The van der Waals surface area contributed by atoms with E-state index >= 15 is 0 Å². The first-order valence-electron chi connectivity index (χ1n) is 6.68. The molecule has 0 unspecified atom stereocenters. The molecule has 7 heteroatoms. The van der Waals surface area contributed by atoms with Gasteiger partial charge >= 0.3 is 5.97 Å². The van der Waals surface area contributed by atoms with Gasteiger partial charge in [0.25, 0.3) is 5.91 Å². The average Bonchev–Trinajstić information content (AvgIpc) is 2.51. The number of carbonyl (C=O) groups excluding carboxylic acids is 1. The molecule has 0 saturated carbocycles. The van der Waals surface area contributed by atoms with Gasteiger partial charge in [0.1, 0.15) is 17.8 Å². The highest BCUT2D eigenvalue weighted by Crippen LogP contribution is 2.29. The van der Waals surface area contributed by atoms with E-state index in [0.29, 0.717) is 22.8 Å². The summed E-state index contributed by atoms with van der Waals surface area (Å²) < 4.78 is 5.50. The number of carboxylic acids is 1. The second-order valence-corrected chi connectivity index (χ2v) is 4.94. The third-order valence-electron chi connectivity index (χ3n) is 3.09. The second kappa shape index (κ2) is 7.09. The fourth-order valence-corrected chi connectivity index (χ4v) is 2.21. The minimum absolute atomic E-state index is 0.256. The third-order valence-corrected chi connectivity index (χ3v) is 3.42. The summed E-state index contributed by atoms with van der Waals surface area (Å²) in [7, 11) is 0. The highest BCUT2D eigenvalue weighted by atomic mass is 35.5. The van der Waals surface area contributed by atoms with Gasteiger partial charge in [-0.15, -0.1) is 0 Å². The Morgan fingerprint density at radius 2 is 2.14 bits per heavy atom. The number of nitrogens with zero attached hydrogens (tertiary/aromatic N) is 2. The van der Waals surface area contributed by atoms with Crippen LogP contribution >= 0.6 is 11.6 Å². The van der Waals surface area contributed by atoms with Gasteiger partial charge in [-0.05, 0) is 31.2 Å². The average molecular weight is 323 g/mol. The lowest BCUT2D eigenvalue weighted by Gasteiger charge is -2.18. The molecule has 0 spiro atoms. The van der Waals surface area contributed by atoms with Crippen LogP contribution in [0.4, 0.5) is 0 Å². The van der Waals surface area contributed by atoms with Gasteiger partial charge in [-0.1, -0.05) is 11.6 Å². The molecule has 22 heavy (non-hydrogen) atoms. The second-order valence-electron chi connectivity index (χ2n) is 4.54. The number of amides is 1. The van der Waals surface area contributed by atoms with Crippen LogP contribution in [-0.2, 0) is 9.59 Å². The Kier molecular flexibility index (Phi) is 5.16. The van der Waals surface area contributed by atoms with E-state index in [1.54, 1.807) is 31.3 Å². The van der Waals surface area contributed by atoms with E-state index in [0.717, 1.165) is 5.39 Å². The van der Waals surface area contributed by atoms with Gasteiger partial charge in [0.15, 0.2) is 6.61 Å². The first-order valence-corrected chi connectivity index (χ1v) is 7.06.